The van der Waals surface area contributed by atoms with Crippen LogP contribution in [0.2, 0.25) is 0 Å². The van der Waals surface area contributed by atoms with Crippen LogP contribution in [-0.2, 0) is 22.5 Å². The van der Waals surface area contributed by atoms with E-state index in [0.717, 1.165) is 29.6 Å². The first-order valence-electron chi connectivity index (χ1n) is 10.8. The lowest BCUT2D eigenvalue weighted by molar-refractivity contribution is -0.124. The van der Waals surface area contributed by atoms with Crippen LogP contribution in [0.15, 0.2) is 60.8 Å². The third kappa shape index (κ3) is 7.20. The van der Waals surface area contributed by atoms with Gasteiger partial charge in [0.2, 0.25) is 0 Å². The predicted molar refractivity (Wildman–Crippen MR) is 128 cm³/mol. The molecule has 2 aromatic carbocycles. The van der Waals surface area contributed by atoms with Crippen LogP contribution < -0.4 is 5.48 Å². The van der Waals surface area contributed by atoms with Gasteiger partial charge < -0.3 is 14.6 Å². The van der Waals surface area contributed by atoms with E-state index < -0.39 is 5.91 Å². The van der Waals surface area contributed by atoms with E-state index in [-0.39, 0.29) is 6.09 Å². The minimum Gasteiger partial charge on any atom is -0.448 e. The van der Waals surface area contributed by atoms with E-state index in [9.17, 15) is 9.59 Å². The summed E-state index contributed by atoms with van der Waals surface area (Å²) in [6.07, 6.45) is 5.46. The van der Waals surface area contributed by atoms with Crippen LogP contribution in [-0.4, -0.2) is 65.8 Å². The number of fused-ring (bicyclic) bond motifs is 1. The van der Waals surface area contributed by atoms with Gasteiger partial charge in [0.15, 0.2) is 0 Å². The normalized spacial score (nSPS) is 11.3. The molecule has 174 valence electrons. The van der Waals surface area contributed by atoms with E-state index in [0.29, 0.717) is 19.7 Å². The van der Waals surface area contributed by atoms with Gasteiger partial charge in [-0.1, -0.05) is 42.5 Å². The van der Waals surface area contributed by atoms with Crippen molar-refractivity contribution >= 4 is 29.0 Å². The van der Waals surface area contributed by atoms with Crippen LogP contribution in [0.1, 0.15) is 16.7 Å². The van der Waals surface area contributed by atoms with Gasteiger partial charge in [-0.05, 0) is 35.3 Å². The lowest BCUT2D eigenvalue weighted by Gasteiger charge is -2.23. The van der Waals surface area contributed by atoms with Gasteiger partial charge in [0, 0.05) is 56.9 Å². The average molecular weight is 451 g/mol. The van der Waals surface area contributed by atoms with Gasteiger partial charge in [-0.15, -0.1) is 0 Å². The first-order chi connectivity index (χ1) is 16.0. The molecule has 0 saturated heterocycles. The van der Waals surface area contributed by atoms with E-state index in [4.69, 9.17) is 9.94 Å². The van der Waals surface area contributed by atoms with E-state index in [2.05, 4.69) is 28.2 Å². The molecule has 33 heavy (non-hydrogen) atoms. The summed E-state index contributed by atoms with van der Waals surface area (Å²) in [5.74, 6) is -0.574. The maximum absolute atomic E-state index is 11.8. The Balaban J connectivity index is 1.65. The fourth-order valence-electron chi connectivity index (χ4n) is 3.48. The SMILES string of the molecule is CN(C)C(=O)OCCN(CCc1c[nH]c2ccccc12)Cc1ccc(C=CC(=O)NO)cc1. The number of hydrogen-bond donors (Lipinski definition) is 3. The van der Waals surface area contributed by atoms with Crippen LogP contribution in [0.5, 0.6) is 0 Å². The molecule has 0 atom stereocenters. The molecule has 0 bridgehead atoms. The van der Waals surface area contributed by atoms with Gasteiger partial charge >= 0.3 is 6.09 Å². The molecule has 0 spiro atoms. The monoisotopic (exact) mass is 450 g/mol. The molecule has 0 aliphatic rings. The van der Waals surface area contributed by atoms with Crippen molar-refractivity contribution in [2.24, 2.45) is 0 Å². The molecule has 1 aromatic heterocycles. The number of H-pyrrole nitrogens is 1. The number of aromatic amines is 1. The molecule has 0 aliphatic carbocycles. The number of rotatable bonds is 10. The summed E-state index contributed by atoms with van der Waals surface area (Å²) in [6, 6.07) is 16.1. The molecule has 0 fully saturated rings. The second-order valence-electron chi connectivity index (χ2n) is 7.95. The molecular formula is C25H30N4O4. The average Bonchev–Trinajstić information content (AvgIpc) is 3.24. The Bertz CT molecular complexity index is 1090. The van der Waals surface area contributed by atoms with E-state index in [1.165, 1.54) is 21.9 Å². The van der Waals surface area contributed by atoms with Gasteiger partial charge in [-0.2, -0.15) is 0 Å². The van der Waals surface area contributed by atoms with Crippen LogP contribution >= 0.6 is 0 Å². The summed E-state index contributed by atoms with van der Waals surface area (Å²) in [4.78, 5) is 29.9. The second kappa shape index (κ2) is 11.8. The number of benzene rings is 2. The Morgan fingerprint density at radius 2 is 1.85 bits per heavy atom. The molecule has 3 rings (SSSR count). The van der Waals surface area contributed by atoms with Crippen LogP contribution in [0, 0.1) is 0 Å². The minimum absolute atomic E-state index is 0.308. The Morgan fingerprint density at radius 3 is 2.58 bits per heavy atom. The number of nitrogens with zero attached hydrogens (tertiary/aromatic N) is 2. The first kappa shape index (κ1) is 24.0. The minimum atomic E-state index is -0.574. The van der Waals surface area contributed by atoms with Gasteiger partial charge in [-0.25, -0.2) is 10.3 Å². The second-order valence-corrected chi connectivity index (χ2v) is 7.95. The Kier molecular flexibility index (Phi) is 8.63. The Hall–Kier alpha value is -3.62. The zero-order valence-corrected chi connectivity index (χ0v) is 19.0. The number of ether oxygens (including phenoxy) is 1. The molecule has 0 radical (unpaired) electrons. The number of carbonyl (C=O) groups is 2. The molecule has 8 nitrogen and oxygen atoms in total. The highest BCUT2D eigenvalue weighted by Crippen LogP contribution is 2.19. The number of nitrogens with one attached hydrogen (secondary N) is 2. The van der Waals surface area contributed by atoms with Crippen molar-refractivity contribution < 1.29 is 19.5 Å². The van der Waals surface area contributed by atoms with E-state index >= 15 is 0 Å². The number of para-hydroxylation sites is 1. The summed E-state index contributed by atoms with van der Waals surface area (Å²) >= 11 is 0. The maximum Gasteiger partial charge on any atom is 0.409 e. The number of aromatic nitrogens is 1. The molecule has 2 amide bonds. The largest absolute Gasteiger partial charge is 0.448 e. The summed E-state index contributed by atoms with van der Waals surface area (Å²) < 4.78 is 5.33. The van der Waals surface area contributed by atoms with Crippen molar-refractivity contribution in [3.05, 3.63) is 77.5 Å². The maximum atomic E-state index is 11.8. The highest BCUT2D eigenvalue weighted by molar-refractivity contribution is 5.90. The number of hydroxylamine groups is 1. The van der Waals surface area contributed by atoms with Crippen LogP contribution in [0.3, 0.4) is 0 Å². The number of hydrogen-bond acceptors (Lipinski definition) is 5. The first-order valence-corrected chi connectivity index (χ1v) is 10.8. The molecule has 0 unspecified atom stereocenters. The fourth-order valence-corrected chi connectivity index (χ4v) is 3.48. The van der Waals surface area contributed by atoms with Gasteiger partial charge in [0.25, 0.3) is 5.91 Å². The van der Waals surface area contributed by atoms with Crippen LogP contribution in [0.25, 0.3) is 17.0 Å². The third-order valence-electron chi connectivity index (χ3n) is 5.29. The topological polar surface area (TPSA) is 97.9 Å². The van der Waals surface area contributed by atoms with Crippen molar-refractivity contribution in [3.63, 3.8) is 0 Å². The van der Waals surface area contributed by atoms with E-state index in [1.807, 2.05) is 36.4 Å². The molecule has 0 saturated carbocycles. The van der Waals surface area contributed by atoms with Crippen molar-refractivity contribution in [3.8, 4) is 0 Å². The van der Waals surface area contributed by atoms with Gasteiger partial charge in [0.1, 0.15) is 6.61 Å². The van der Waals surface area contributed by atoms with Crippen molar-refractivity contribution in [1.82, 2.24) is 20.3 Å². The van der Waals surface area contributed by atoms with Crippen molar-refractivity contribution in [2.75, 3.05) is 33.8 Å². The number of amides is 2. The lowest BCUT2D eigenvalue weighted by atomic mass is 10.1. The van der Waals surface area contributed by atoms with Gasteiger partial charge in [-0.3, -0.25) is 14.9 Å². The summed E-state index contributed by atoms with van der Waals surface area (Å²) in [5, 5.41) is 9.80. The molecule has 0 aliphatic heterocycles. The Morgan fingerprint density at radius 1 is 1.09 bits per heavy atom. The smallest absolute Gasteiger partial charge is 0.409 e. The van der Waals surface area contributed by atoms with Crippen molar-refractivity contribution in [1.29, 1.82) is 0 Å². The third-order valence-corrected chi connectivity index (χ3v) is 5.29. The highest BCUT2D eigenvalue weighted by atomic mass is 16.6. The van der Waals surface area contributed by atoms with Crippen molar-refractivity contribution in [2.45, 2.75) is 13.0 Å². The zero-order chi connectivity index (χ0) is 23.6. The van der Waals surface area contributed by atoms with Gasteiger partial charge in [0.05, 0.1) is 0 Å². The standard InChI is InChI=1S/C25H30N4O4/c1-28(2)25(31)33-16-15-29(14-13-21-17-26-23-6-4-3-5-22(21)23)18-20-9-7-19(8-10-20)11-12-24(30)27-32/h3-12,17,26,32H,13-16,18H2,1-2H3,(H,27,30). The molecule has 8 heteroatoms. The van der Waals surface area contributed by atoms with E-state index in [1.54, 1.807) is 25.7 Å². The zero-order valence-electron chi connectivity index (χ0n) is 19.0. The number of carbonyl (C=O) groups excluding carboxylic acids is 2. The molecule has 3 aromatic rings. The molecule has 3 N–H and O–H groups in total. The summed E-state index contributed by atoms with van der Waals surface area (Å²) in [7, 11) is 3.33. The molecular weight excluding hydrogens is 420 g/mol. The summed E-state index contributed by atoms with van der Waals surface area (Å²) in [5.41, 5.74) is 5.91. The van der Waals surface area contributed by atoms with Crippen LogP contribution in [0.4, 0.5) is 4.79 Å². The predicted octanol–water partition coefficient (Wildman–Crippen LogP) is 3.43. The Labute approximate surface area is 193 Å². The quantitative estimate of drug-likeness (QED) is 0.250. The highest BCUT2D eigenvalue weighted by Gasteiger charge is 2.11. The summed E-state index contributed by atoms with van der Waals surface area (Å²) in [6.45, 7) is 2.42. The fraction of sp³-hybridized carbons (Fsp3) is 0.280. The molecule has 1 heterocycles. The lowest BCUT2D eigenvalue weighted by Crippen LogP contribution is -2.32.